The van der Waals surface area contributed by atoms with Gasteiger partial charge in [0.1, 0.15) is 0 Å². The van der Waals surface area contributed by atoms with Gasteiger partial charge in [0.2, 0.25) is 11.8 Å². The van der Waals surface area contributed by atoms with Crippen molar-refractivity contribution in [2.24, 2.45) is 0 Å². The first-order valence-electron chi connectivity index (χ1n) is 7.51. The summed E-state index contributed by atoms with van der Waals surface area (Å²) < 4.78 is 38.3. The summed E-state index contributed by atoms with van der Waals surface area (Å²) in [7, 11) is 0. The van der Waals surface area contributed by atoms with E-state index >= 15 is 0 Å². The molecule has 1 heterocycles. The number of anilines is 2. The van der Waals surface area contributed by atoms with E-state index in [9.17, 15) is 22.8 Å². The largest absolute Gasteiger partial charge is 0.418 e. The molecule has 6 nitrogen and oxygen atoms in total. The molecule has 0 aromatic heterocycles. The fraction of sp³-hybridized carbons (Fsp3) is 0.467. The van der Waals surface area contributed by atoms with Crippen LogP contribution in [0, 0.1) is 0 Å². The van der Waals surface area contributed by atoms with Crippen LogP contribution in [-0.2, 0) is 15.8 Å². The van der Waals surface area contributed by atoms with Gasteiger partial charge in [0.05, 0.1) is 12.1 Å². The SMILES string of the molecule is Nc1ccc(NC(=O)CCCN2CCNC(=O)C2)cc1C(F)(F)F. The van der Waals surface area contributed by atoms with Gasteiger partial charge >= 0.3 is 6.18 Å². The third-order valence-corrected chi connectivity index (χ3v) is 3.64. The van der Waals surface area contributed by atoms with Crippen molar-refractivity contribution in [1.29, 1.82) is 0 Å². The minimum absolute atomic E-state index is 0.0488. The van der Waals surface area contributed by atoms with Crippen molar-refractivity contribution in [3.05, 3.63) is 23.8 Å². The predicted molar refractivity (Wildman–Crippen MR) is 83.2 cm³/mol. The second-order valence-corrected chi connectivity index (χ2v) is 5.58. The van der Waals surface area contributed by atoms with Gasteiger partial charge in [-0.1, -0.05) is 0 Å². The molecule has 1 aliphatic rings. The summed E-state index contributed by atoms with van der Waals surface area (Å²) in [6.07, 6.45) is -3.90. The van der Waals surface area contributed by atoms with Crippen LogP contribution in [0.2, 0.25) is 0 Å². The molecule has 2 rings (SSSR count). The van der Waals surface area contributed by atoms with E-state index in [0.29, 0.717) is 26.1 Å². The molecule has 1 saturated heterocycles. The monoisotopic (exact) mass is 344 g/mol. The molecule has 24 heavy (non-hydrogen) atoms. The van der Waals surface area contributed by atoms with Crippen molar-refractivity contribution in [3.63, 3.8) is 0 Å². The van der Waals surface area contributed by atoms with Gasteiger partial charge in [-0.15, -0.1) is 0 Å². The number of nitrogens with zero attached hydrogens (tertiary/aromatic N) is 1. The Morgan fingerprint density at radius 1 is 1.38 bits per heavy atom. The Labute approximate surface area is 137 Å². The van der Waals surface area contributed by atoms with E-state index in [0.717, 1.165) is 18.7 Å². The van der Waals surface area contributed by atoms with E-state index in [2.05, 4.69) is 10.6 Å². The number of carbonyl (C=O) groups excluding carboxylic acids is 2. The normalized spacial score (nSPS) is 15.9. The van der Waals surface area contributed by atoms with E-state index in [1.54, 1.807) is 0 Å². The number of rotatable bonds is 5. The fourth-order valence-corrected chi connectivity index (χ4v) is 2.45. The molecule has 1 aromatic rings. The Kier molecular flexibility index (Phi) is 5.66. The molecule has 0 spiro atoms. The number of benzene rings is 1. The van der Waals surface area contributed by atoms with E-state index in [1.165, 1.54) is 6.07 Å². The van der Waals surface area contributed by atoms with Crippen LogP contribution in [0.3, 0.4) is 0 Å². The number of alkyl halides is 3. The number of nitrogen functional groups attached to an aromatic ring is 1. The number of hydrogen-bond acceptors (Lipinski definition) is 4. The zero-order valence-corrected chi connectivity index (χ0v) is 12.9. The standard InChI is InChI=1S/C15H19F3N4O2/c16-15(17,18)11-8-10(3-4-12(11)19)21-13(23)2-1-6-22-7-5-20-14(24)9-22/h3-4,8H,1-2,5-7,9,19H2,(H,20,24)(H,21,23). The van der Waals surface area contributed by atoms with Gasteiger partial charge in [-0.25, -0.2) is 0 Å². The van der Waals surface area contributed by atoms with E-state index in [4.69, 9.17) is 5.73 Å². The Morgan fingerprint density at radius 2 is 2.12 bits per heavy atom. The van der Waals surface area contributed by atoms with Gasteiger partial charge in [0.25, 0.3) is 0 Å². The summed E-state index contributed by atoms with van der Waals surface area (Å²) in [5.41, 5.74) is 4.01. The highest BCUT2D eigenvalue weighted by Crippen LogP contribution is 2.35. The second-order valence-electron chi connectivity index (χ2n) is 5.58. The first-order valence-corrected chi connectivity index (χ1v) is 7.51. The molecule has 4 N–H and O–H groups in total. The molecule has 0 aliphatic carbocycles. The zero-order valence-electron chi connectivity index (χ0n) is 12.9. The zero-order chi connectivity index (χ0) is 17.7. The smallest absolute Gasteiger partial charge is 0.398 e. The topological polar surface area (TPSA) is 87.5 Å². The van der Waals surface area contributed by atoms with Crippen LogP contribution in [0.4, 0.5) is 24.5 Å². The van der Waals surface area contributed by atoms with Crippen molar-refractivity contribution in [2.45, 2.75) is 19.0 Å². The average molecular weight is 344 g/mol. The molecule has 0 unspecified atom stereocenters. The molecule has 0 bridgehead atoms. The lowest BCUT2D eigenvalue weighted by Crippen LogP contribution is -2.47. The molecular formula is C15H19F3N4O2. The molecular weight excluding hydrogens is 325 g/mol. The van der Waals surface area contributed by atoms with Gasteiger partial charge in [-0.2, -0.15) is 13.2 Å². The van der Waals surface area contributed by atoms with Crippen molar-refractivity contribution in [1.82, 2.24) is 10.2 Å². The maximum Gasteiger partial charge on any atom is 0.418 e. The predicted octanol–water partition coefficient (Wildman–Crippen LogP) is 1.44. The second kappa shape index (κ2) is 7.52. The molecule has 2 amide bonds. The summed E-state index contributed by atoms with van der Waals surface area (Å²) in [5, 5.41) is 5.14. The highest BCUT2D eigenvalue weighted by Gasteiger charge is 2.33. The summed E-state index contributed by atoms with van der Waals surface area (Å²) in [5.74, 6) is -0.429. The average Bonchev–Trinajstić information content (AvgIpc) is 2.48. The Balaban J connectivity index is 1.83. The van der Waals surface area contributed by atoms with Crippen LogP contribution in [0.15, 0.2) is 18.2 Å². The van der Waals surface area contributed by atoms with Crippen molar-refractivity contribution in [2.75, 3.05) is 37.2 Å². The minimum atomic E-state index is -4.57. The maximum atomic E-state index is 12.8. The van der Waals surface area contributed by atoms with E-state index < -0.39 is 11.7 Å². The molecule has 0 radical (unpaired) electrons. The van der Waals surface area contributed by atoms with Gasteiger partial charge in [-0.05, 0) is 31.2 Å². The van der Waals surface area contributed by atoms with Crippen LogP contribution in [0.1, 0.15) is 18.4 Å². The van der Waals surface area contributed by atoms with Crippen LogP contribution in [-0.4, -0.2) is 42.9 Å². The summed E-state index contributed by atoms with van der Waals surface area (Å²) in [4.78, 5) is 25.0. The highest BCUT2D eigenvalue weighted by molar-refractivity contribution is 5.91. The number of halogens is 3. The Bertz CT molecular complexity index is 619. The molecule has 1 aliphatic heterocycles. The summed E-state index contributed by atoms with van der Waals surface area (Å²) in [6, 6.07) is 3.27. The first kappa shape index (κ1) is 18.1. The summed E-state index contributed by atoms with van der Waals surface area (Å²) in [6.45, 7) is 2.18. The van der Waals surface area contributed by atoms with Crippen LogP contribution in [0.5, 0.6) is 0 Å². The lowest BCUT2D eigenvalue weighted by molar-refractivity contribution is -0.137. The van der Waals surface area contributed by atoms with E-state index in [-0.39, 0.29) is 29.6 Å². The summed E-state index contributed by atoms with van der Waals surface area (Å²) >= 11 is 0. The van der Waals surface area contributed by atoms with Gasteiger partial charge < -0.3 is 16.4 Å². The lowest BCUT2D eigenvalue weighted by atomic mass is 10.1. The number of amides is 2. The van der Waals surface area contributed by atoms with Crippen molar-refractivity contribution < 1.29 is 22.8 Å². The Morgan fingerprint density at radius 3 is 2.79 bits per heavy atom. The minimum Gasteiger partial charge on any atom is -0.398 e. The number of piperazine rings is 1. The molecule has 0 atom stereocenters. The molecule has 132 valence electrons. The third kappa shape index (κ3) is 5.12. The number of nitrogens with one attached hydrogen (secondary N) is 2. The highest BCUT2D eigenvalue weighted by atomic mass is 19.4. The first-order chi connectivity index (χ1) is 11.3. The van der Waals surface area contributed by atoms with Crippen LogP contribution < -0.4 is 16.4 Å². The number of nitrogens with two attached hydrogens (primary N) is 1. The van der Waals surface area contributed by atoms with Gasteiger partial charge in [0.15, 0.2) is 0 Å². The number of carbonyl (C=O) groups is 2. The van der Waals surface area contributed by atoms with Gasteiger partial charge in [0, 0.05) is 30.9 Å². The maximum absolute atomic E-state index is 12.8. The molecule has 1 aromatic carbocycles. The molecule has 9 heteroatoms. The van der Waals surface area contributed by atoms with Crippen molar-refractivity contribution in [3.8, 4) is 0 Å². The fourth-order valence-electron chi connectivity index (χ4n) is 2.45. The Hall–Kier alpha value is -2.29. The molecule has 1 fully saturated rings. The number of hydrogen-bond donors (Lipinski definition) is 3. The van der Waals surface area contributed by atoms with Crippen LogP contribution in [0.25, 0.3) is 0 Å². The molecule has 0 saturated carbocycles. The quantitative estimate of drug-likeness (QED) is 0.706. The van der Waals surface area contributed by atoms with Gasteiger partial charge in [-0.3, -0.25) is 14.5 Å². The lowest BCUT2D eigenvalue weighted by Gasteiger charge is -2.26. The third-order valence-electron chi connectivity index (χ3n) is 3.64. The van der Waals surface area contributed by atoms with Crippen LogP contribution >= 0.6 is 0 Å². The van der Waals surface area contributed by atoms with E-state index in [1.807, 2.05) is 4.90 Å². The van der Waals surface area contributed by atoms with Crippen molar-refractivity contribution >= 4 is 23.2 Å².